The molecule has 14 heteroatoms. The van der Waals surface area contributed by atoms with Crippen molar-refractivity contribution in [3.8, 4) is 0 Å². The number of pyridine rings is 1. The number of ether oxygens (including phenoxy) is 1. The summed E-state index contributed by atoms with van der Waals surface area (Å²) in [5, 5.41) is 7.93. The number of nitrogens with zero attached hydrogens (tertiary/aromatic N) is 3. The number of nitrogens with one attached hydrogen (secondary N) is 3. The van der Waals surface area contributed by atoms with Crippen LogP contribution in [0.1, 0.15) is 87.3 Å². The Balaban J connectivity index is 1.09. The van der Waals surface area contributed by atoms with Gasteiger partial charge in [-0.3, -0.25) is 19.3 Å². The molecule has 2 aliphatic carbocycles. The molecule has 3 aliphatic heterocycles. The van der Waals surface area contributed by atoms with E-state index in [0.29, 0.717) is 38.8 Å². The maximum Gasteiger partial charge on any atom is 0.408 e. The van der Waals surface area contributed by atoms with Crippen molar-refractivity contribution in [2.45, 2.75) is 125 Å². The van der Waals surface area contributed by atoms with E-state index in [1.54, 1.807) is 17.9 Å². The minimum absolute atomic E-state index is 0.181. The number of rotatable bonds is 6. The molecule has 3 aromatic rings. The highest BCUT2D eigenvalue weighted by molar-refractivity contribution is 7.90. The predicted octanol–water partition coefficient (Wildman–Crippen LogP) is 4.77. The SMILES string of the molecule is Cc1ccc(S(=O)(=O)NC(=O)C23CC2/C=C/CCCCCC(NC(=O)OC2CCCC2)C(=O)N2C[C@H](N4Cc5cccc6cccc(c56)C4)CC2C(=O)N3)nc1. The van der Waals surface area contributed by atoms with Gasteiger partial charge in [0, 0.05) is 37.8 Å². The molecule has 3 N–H and O–H groups in total. The molecule has 0 bridgehead atoms. The zero-order valence-corrected chi connectivity index (χ0v) is 32.6. The molecule has 296 valence electrons. The van der Waals surface area contributed by atoms with Crippen molar-refractivity contribution >= 4 is 44.6 Å². The zero-order chi connectivity index (χ0) is 39.0. The summed E-state index contributed by atoms with van der Waals surface area (Å²) in [4.78, 5) is 64.5. The normalized spacial score (nSPS) is 28.0. The minimum Gasteiger partial charge on any atom is -0.446 e. The average Bonchev–Trinajstić information content (AvgIpc) is 3.46. The first-order chi connectivity index (χ1) is 27.0. The van der Waals surface area contributed by atoms with Crippen LogP contribution in [-0.4, -0.2) is 83.3 Å². The second-order valence-electron chi connectivity index (χ2n) is 16.2. The lowest BCUT2D eigenvalue weighted by Gasteiger charge is -2.34. The van der Waals surface area contributed by atoms with E-state index in [9.17, 15) is 27.6 Å². The van der Waals surface area contributed by atoms with Crippen LogP contribution >= 0.6 is 0 Å². The first kappa shape index (κ1) is 38.1. The van der Waals surface area contributed by atoms with E-state index >= 15 is 0 Å². The van der Waals surface area contributed by atoms with E-state index in [1.807, 2.05) is 24.3 Å². The molecule has 2 aromatic carbocycles. The van der Waals surface area contributed by atoms with Gasteiger partial charge in [-0.15, -0.1) is 0 Å². The Labute approximate surface area is 327 Å². The van der Waals surface area contributed by atoms with Crippen molar-refractivity contribution in [3.05, 3.63) is 83.6 Å². The summed E-state index contributed by atoms with van der Waals surface area (Å²) in [5.74, 6) is -2.21. The van der Waals surface area contributed by atoms with Gasteiger partial charge < -0.3 is 20.3 Å². The minimum atomic E-state index is -4.35. The Kier molecular flexibility index (Phi) is 10.6. The number of carbonyl (C=O) groups is 4. The molecule has 4 amide bonds. The fourth-order valence-corrected chi connectivity index (χ4v) is 10.1. The largest absolute Gasteiger partial charge is 0.446 e. The summed E-state index contributed by atoms with van der Waals surface area (Å²) in [6.07, 6.45) is 11.9. The molecule has 2 saturated carbocycles. The standard InChI is InChI=1S/C42H50N6O7S/c1-27-19-20-36(43-23-27)56(53,54)46-40(51)42-22-31(42)15-5-3-2-4-6-18-34(44-41(52)55-33-16-7-8-17-33)39(50)48-26-32(21-35(48)38(49)45-42)47-24-29-13-9-11-28-12-10-14-30(25-47)37(28)29/h5,9-15,19-20,23,31-35H,2-4,6-8,16-18,21-22,24-26H2,1H3,(H,44,52)(H,45,49)(H,46,51)/b15-5+/t31?,32-,34?,35?,42?/m1/s1. The Morgan fingerprint density at radius 2 is 1.68 bits per heavy atom. The zero-order valence-electron chi connectivity index (χ0n) is 31.7. The quantitative estimate of drug-likeness (QED) is 0.299. The third kappa shape index (κ3) is 7.77. The van der Waals surface area contributed by atoms with Gasteiger partial charge in [0.1, 0.15) is 23.7 Å². The molecular formula is C42H50N6O7S. The van der Waals surface area contributed by atoms with Gasteiger partial charge in [-0.1, -0.05) is 67.5 Å². The van der Waals surface area contributed by atoms with E-state index < -0.39 is 51.5 Å². The molecule has 1 aromatic heterocycles. The number of fused-ring (bicyclic) bond motifs is 2. The van der Waals surface area contributed by atoms with Gasteiger partial charge in [0.2, 0.25) is 11.8 Å². The number of amides is 4. The molecule has 4 unspecified atom stereocenters. The van der Waals surface area contributed by atoms with E-state index in [-0.39, 0.29) is 36.0 Å². The van der Waals surface area contributed by atoms with Crippen LogP contribution in [0.5, 0.6) is 0 Å². The van der Waals surface area contributed by atoms with Crippen LogP contribution in [0.4, 0.5) is 4.79 Å². The predicted molar refractivity (Wildman–Crippen MR) is 208 cm³/mol. The topological polar surface area (TPSA) is 167 Å². The van der Waals surface area contributed by atoms with Gasteiger partial charge in [0.05, 0.1) is 0 Å². The van der Waals surface area contributed by atoms with Gasteiger partial charge in [0.25, 0.3) is 15.9 Å². The fourth-order valence-electron chi connectivity index (χ4n) is 9.09. The van der Waals surface area contributed by atoms with Crippen LogP contribution in [0.2, 0.25) is 0 Å². The lowest BCUT2D eigenvalue weighted by Crippen LogP contribution is -2.58. The molecule has 4 heterocycles. The first-order valence-corrected chi connectivity index (χ1v) is 21.5. The highest BCUT2D eigenvalue weighted by Crippen LogP contribution is 2.46. The molecule has 0 spiro atoms. The van der Waals surface area contributed by atoms with Crippen molar-refractivity contribution in [2.24, 2.45) is 5.92 Å². The molecule has 1 saturated heterocycles. The maximum absolute atomic E-state index is 14.7. The number of sulfonamides is 1. The maximum atomic E-state index is 14.7. The second kappa shape index (κ2) is 15.6. The summed E-state index contributed by atoms with van der Waals surface area (Å²) >= 11 is 0. The molecule has 0 radical (unpaired) electrons. The smallest absolute Gasteiger partial charge is 0.408 e. The van der Waals surface area contributed by atoms with Crippen LogP contribution in [0.3, 0.4) is 0 Å². The number of aromatic nitrogens is 1. The number of benzene rings is 2. The van der Waals surface area contributed by atoms with Crippen LogP contribution < -0.4 is 15.4 Å². The molecule has 56 heavy (non-hydrogen) atoms. The van der Waals surface area contributed by atoms with E-state index in [4.69, 9.17) is 4.74 Å². The lowest BCUT2D eigenvalue weighted by molar-refractivity contribution is -0.141. The fraction of sp³-hybridized carbons (Fsp3) is 0.500. The van der Waals surface area contributed by atoms with E-state index in [1.165, 1.54) is 34.2 Å². The van der Waals surface area contributed by atoms with E-state index in [0.717, 1.165) is 44.1 Å². The lowest BCUT2D eigenvalue weighted by atomic mass is 9.94. The number of hydrogen-bond donors (Lipinski definition) is 3. The van der Waals surface area contributed by atoms with Crippen molar-refractivity contribution in [1.29, 1.82) is 0 Å². The van der Waals surface area contributed by atoms with Crippen molar-refractivity contribution in [2.75, 3.05) is 6.54 Å². The van der Waals surface area contributed by atoms with Gasteiger partial charge in [-0.2, -0.15) is 8.42 Å². The van der Waals surface area contributed by atoms with Gasteiger partial charge in [-0.25, -0.2) is 14.5 Å². The second-order valence-corrected chi connectivity index (χ2v) is 17.8. The van der Waals surface area contributed by atoms with Gasteiger partial charge in [0.15, 0.2) is 5.03 Å². The average molecular weight is 783 g/mol. The number of hydrogen-bond acceptors (Lipinski definition) is 9. The van der Waals surface area contributed by atoms with Crippen LogP contribution in [0.25, 0.3) is 10.8 Å². The molecular weight excluding hydrogens is 733 g/mol. The number of carbonyl (C=O) groups excluding carboxylic acids is 4. The Morgan fingerprint density at radius 1 is 0.946 bits per heavy atom. The summed E-state index contributed by atoms with van der Waals surface area (Å²) in [6.45, 7) is 3.28. The molecule has 8 rings (SSSR count). The molecule has 5 atom stereocenters. The third-order valence-electron chi connectivity index (χ3n) is 12.3. The van der Waals surface area contributed by atoms with Crippen LogP contribution in [-0.2, 0) is 42.2 Å². The first-order valence-electron chi connectivity index (χ1n) is 20.0. The van der Waals surface area contributed by atoms with Gasteiger partial charge in [-0.05, 0) is 98.2 Å². The van der Waals surface area contributed by atoms with Crippen molar-refractivity contribution in [3.63, 3.8) is 0 Å². The number of alkyl carbamates (subject to hydrolysis) is 1. The van der Waals surface area contributed by atoms with Gasteiger partial charge >= 0.3 is 6.09 Å². The number of aryl methyl sites for hydroxylation is 1. The Hall–Kier alpha value is -4.82. The summed E-state index contributed by atoms with van der Waals surface area (Å²) in [6, 6.07) is 13.3. The highest BCUT2D eigenvalue weighted by Gasteiger charge is 2.62. The summed E-state index contributed by atoms with van der Waals surface area (Å²) in [7, 11) is -4.35. The van der Waals surface area contributed by atoms with Crippen LogP contribution in [0, 0.1) is 12.8 Å². The van der Waals surface area contributed by atoms with E-state index in [2.05, 4.69) is 49.5 Å². The Bertz CT molecular complexity index is 2110. The molecule has 13 nitrogen and oxygen atoms in total. The molecule has 3 fully saturated rings. The summed E-state index contributed by atoms with van der Waals surface area (Å²) in [5.41, 5.74) is 1.57. The van der Waals surface area contributed by atoms with Crippen molar-refractivity contribution in [1.82, 2.24) is 30.1 Å². The monoisotopic (exact) mass is 782 g/mol. The highest BCUT2D eigenvalue weighted by atomic mass is 32.2. The third-order valence-corrected chi connectivity index (χ3v) is 13.5. The summed E-state index contributed by atoms with van der Waals surface area (Å²) < 4.78 is 34.6. The van der Waals surface area contributed by atoms with Crippen LogP contribution in [0.15, 0.2) is 71.9 Å². The molecule has 5 aliphatic rings. The van der Waals surface area contributed by atoms with Crippen molar-refractivity contribution < 1.29 is 32.3 Å². The Morgan fingerprint density at radius 3 is 2.39 bits per heavy atom. The number of allylic oxidation sites excluding steroid dienone is 1.